The summed E-state index contributed by atoms with van der Waals surface area (Å²) in [5.41, 5.74) is 1.25. The van der Waals surface area contributed by atoms with Crippen LogP contribution in [0.1, 0.15) is 11.6 Å². The summed E-state index contributed by atoms with van der Waals surface area (Å²) < 4.78 is 2.14. The van der Waals surface area contributed by atoms with E-state index in [1.54, 1.807) is 0 Å². The minimum absolute atomic E-state index is 0.215. The Morgan fingerprint density at radius 3 is 2.13 bits per heavy atom. The van der Waals surface area contributed by atoms with Crippen molar-refractivity contribution in [1.29, 1.82) is 0 Å². The highest BCUT2D eigenvalue weighted by Crippen LogP contribution is 2.12. The van der Waals surface area contributed by atoms with Crippen LogP contribution < -0.4 is 4.57 Å². The van der Waals surface area contributed by atoms with Gasteiger partial charge in [-0.15, -0.1) is 0 Å². The fourth-order valence-electron chi connectivity index (χ4n) is 1.68. The number of aromatic nitrogens is 1. The molecule has 0 bridgehead atoms. The number of hydrogen-bond acceptors (Lipinski definition) is 0. The van der Waals surface area contributed by atoms with E-state index in [1.165, 1.54) is 5.56 Å². The molecule has 0 fully saturated rings. The minimum atomic E-state index is 0.215. The quantitative estimate of drug-likeness (QED) is 0.525. The lowest BCUT2D eigenvalue weighted by Crippen LogP contribution is -2.37. The third-order valence-electron chi connectivity index (χ3n) is 2.42. The zero-order chi connectivity index (χ0) is 10.5. The summed E-state index contributed by atoms with van der Waals surface area (Å²) in [5.74, 6) is 0. The molecule has 0 radical (unpaired) electrons. The summed E-state index contributed by atoms with van der Waals surface area (Å²) in [4.78, 5) is 0. The molecule has 1 atom stereocenters. The van der Waals surface area contributed by atoms with E-state index in [4.69, 9.17) is 0 Å². The molecule has 0 aliphatic rings. The van der Waals surface area contributed by atoms with Gasteiger partial charge in [0.2, 0.25) is 6.04 Å². The maximum atomic E-state index is 3.89. The Morgan fingerprint density at radius 1 is 0.933 bits per heavy atom. The standard InChI is InChI=1S/C14H14N/c1-2-14(13-9-5-3-6-10-13)15-11-7-4-8-12-15/h2-12,14H,1H2/q+1. The molecule has 0 spiro atoms. The number of benzene rings is 1. The molecule has 1 unspecified atom stereocenters. The average molecular weight is 196 g/mol. The fourth-order valence-corrected chi connectivity index (χ4v) is 1.68. The summed E-state index contributed by atoms with van der Waals surface area (Å²) in [7, 11) is 0. The van der Waals surface area contributed by atoms with Gasteiger partial charge in [-0.05, 0) is 6.08 Å². The van der Waals surface area contributed by atoms with Gasteiger partial charge in [-0.2, -0.15) is 4.57 Å². The Balaban J connectivity index is 2.38. The first-order valence-electron chi connectivity index (χ1n) is 5.05. The molecular weight excluding hydrogens is 182 g/mol. The van der Waals surface area contributed by atoms with Crippen LogP contribution in [0, 0.1) is 0 Å². The van der Waals surface area contributed by atoms with Crippen LogP contribution >= 0.6 is 0 Å². The molecule has 0 aliphatic heterocycles. The van der Waals surface area contributed by atoms with Gasteiger partial charge in [-0.3, -0.25) is 0 Å². The normalized spacial score (nSPS) is 12.0. The highest BCUT2D eigenvalue weighted by Gasteiger charge is 2.14. The third-order valence-corrected chi connectivity index (χ3v) is 2.42. The second-order valence-electron chi connectivity index (χ2n) is 3.41. The van der Waals surface area contributed by atoms with Gasteiger partial charge in [0.1, 0.15) is 0 Å². The van der Waals surface area contributed by atoms with Crippen LogP contribution in [0.3, 0.4) is 0 Å². The fraction of sp³-hybridized carbons (Fsp3) is 0.0714. The smallest absolute Gasteiger partial charge is 0.194 e. The van der Waals surface area contributed by atoms with Crippen LogP contribution in [0.25, 0.3) is 0 Å². The highest BCUT2D eigenvalue weighted by atomic mass is 15.0. The van der Waals surface area contributed by atoms with Gasteiger partial charge in [0.05, 0.1) is 0 Å². The number of hydrogen-bond donors (Lipinski definition) is 0. The molecule has 1 heterocycles. The van der Waals surface area contributed by atoms with Gasteiger partial charge in [0.15, 0.2) is 12.4 Å². The summed E-state index contributed by atoms with van der Waals surface area (Å²) >= 11 is 0. The zero-order valence-electron chi connectivity index (χ0n) is 8.58. The summed E-state index contributed by atoms with van der Waals surface area (Å²) in [6, 6.07) is 16.6. The van der Waals surface area contributed by atoms with Crippen molar-refractivity contribution < 1.29 is 4.57 Å². The predicted molar refractivity (Wildman–Crippen MR) is 61.4 cm³/mol. The predicted octanol–water partition coefficient (Wildman–Crippen LogP) is 2.75. The van der Waals surface area contributed by atoms with E-state index >= 15 is 0 Å². The highest BCUT2D eigenvalue weighted by molar-refractivity contribution is 5.20. The van der Waals surface area contributed by atoms with Crippen LogP contribution in [-0.4, -0.2) is 0 Å². The minimum Gasteiger partial charge on any atom is -0.194 e. The van der Waals surface area contributed by atoms with Crippen molar-refractivity contribution in [2.45, 2.75) is 6.04 Å². The van der Waals surface area contributed by atoms with E-state index in [9.17, 15) is 0 Å². The van der Waals surface area contributed by atoms with Crippen LogP contribution in [0.4, 0.5) is 0 Å². The van der Waals surface area contributed by atoms with Crippen molar-refractivity contribution in [1.82, 2.24) is 0 Å². The van der Waals surface area contributed by atoms with Gasteiger partial charge in [-0.1, -0.05) is 43.0 Å². The molecule has 0 amide bonds. The maximum Gasteiger partial charge on any atom is 0.201 e. The maximum absolute atomic E-state index is 3.89. The van der Waals surface area contributed by atoms with E-state index in [2.05, 4.69) is 47.8 Å². The van der Waals surface area contributed by atoms with Crippen molar-refractivity contribution in [3.05, 3.63) is 79.1 Å². The Labute approximate surface area is 90.3 Å². The lowest BCUT2D eigenvalue weighted by Gasteiger charge is -2.07. The van der Waals surface area contributed by atoms with Crippen LogP contribution in [-0.2, 0) is 0 Å². The molecule has 2 aromatic rings. The molecule has 2 rings (SSSR count). The number of nitrogens with zero attached hydrogens (tertiary/aromatic N) is 1. The SMILES string of the molecule is C=CC(c1ccccc1)[n+]1ccccc1. The van der Waals surface area contributed by atoms with E-state index in [0.717, 1.165) is 0 Å². The number of allylic oxidation sites excluding steroid dienone is 1. The molecule has 74 valence electrons. The molecule has 0 aliphatic carbocycles. The van der Waals surface area contributed by atoms with Crippen LogP contribution in [0.5, 0.6) is 0 Å². The first-order chi connectivity index (χ1) is 7.42. The number of pyridine rings is 1. The molecule has 1 aromatic carbocycles. The third kappa shape index (κ3) is 2.13. The Kier molecular flexibility index (Phi) is 2.93. The lowest BCUT2D eigenvalue weighted by molar-refractivity contribution is -0.703. The van der Waals surface area contributed by atoms with Gasteiger partial charge in [0, 0.05) is 17.7 Å². The van der Waals surface area contributed by atoms with Crippen LogP contribution in [0.2, 0.25) is 0 Å². The van der Waals surface area contributed by atoms with Crippen molar-refractivity contribution in [3.8, 4) is 0 Å². The Morgan fingerprint density at radius 2 is 1.53 bits per heavy atom. The Hall–Kier alpha value is -1.89. The summed E-state index contributed by atoms with van der Waals surface area (Å²) in [6.07, 6.45) is 6.06. The topological polar surface area (TPSA) is 3.88 Å². The molecule has 0 saturated carbocycles. The van der Waals surface area contributed by atoms with E-state index in [-0.39, 0.29) is 6.04 Å². The van der Waals surface area contributed by atoms with Crippen molar-refractivity contribution in [2.24, 2.45) is 0 Å². The van der Waals surface area contributed by atoms with E-state index in [0.29, 0.717) is 0 Å². The molecule has 15 heavy (non-hydrogen) atoms. The van der Waals surface area contributed by atoms with Gasteiger partial charge in [0.25, 0.3) is 0 Å². The van der Waals surface area contributed by atoms with Gasteiger partial charge < -0.3 is 0 Å². The first-order valence-corrected chi connectivity index (χ1v) is 5.05. The molecule has 1 aromatic heterocycles. The van der Waals surface area contributed by atoms with Gasteiger partial charge in [-0.25, -0.2) is 0 Å². The Bertz CT molecular complexity index is 380. The summed E-state index contributed by atoms with van der Waals surface area (Å²) in [6.45, 7) is 3.89. The van der Waals surface area contributed by atoms with E-state index in [1.807, 2.05) is 30.3 Å². The largest absolute Gasteiger partial charge is 0.201 e. The summed E-state index contributed by atoms with van der Waals surface area (Å²) in [5, 5.41) is 0. The van der Waals surface area contributed by atoms with Crippen molar-refractivity contribution in [3.63, 3.8) is 0 Å². The van der Waals surface area contributed by atoms with Gasteiger partial charge >= 0.3 is 0 Å². The molecule has 1 nitrogen and oxygen atoms in total. The second kappa shape index (κ2) is 4.56. The molecule has 1 heteroatoms. The lowest BCUT2D eigenvalue weighted by atomic mass is 10.1. The zero-order valence-corrected chi connectivity index (χ0v) is 8.58. The van der Waals surface area contributed by atoms with Crippen LogP contribution in [0.15, 0.2) is 73.6 Å². The molecular formula is C14H14N+. The van der Waals surface area contributed by atoms with Crippen molar-refractivity contribution in [2.75, 3.05) is 0 Å². The first kappa shape index (κ1) is 9.66. The van der Waals surface area contributed by atoms with Crippen molar-refractivity contribution >= 4 is 0 Å². The second-order valence-corrected chi connectivity index (χ2v) is 3.41. The number of rotatable bonds is 3. The molecule has 0 saturated heterocycles. The monoisotopic (exact) mass is 196 g/mol. The molecule has 0 N–H and O–H groups in total. The van der Waals surface area contributed by atoms with E-state index < -0.39 is 0 Å². The average Bonchev–Trinajstić information content (AvgIpc) is 2.33.